The molecule has 0 spiro atoms. The molecule has 6 heteroatoms. The lowest BCUT2D eigenvalue weighted by molar-refractivity contribution is 0.147. The van der Waals surface area contributed by atoms with Gasteiger partial charge in [0.2, 0.25) is 12.2 Å². The van der Waals surface area contributed by atoms with Crippen molar-refractivity contribution in [2.75, 3.05) is 0 Å². The Morgan fingerprint density at radius 2 is 2.05 bits per heavy atom. The number of hydrogen-bond donors (Lipinski definition) is 1. The number of ether oxygens (including phenoxy) is 1. The maximum Gasteiger partial charge on any atom is 0.214 e. The van der Waals surface area contributed by atoms with E-state index in [1.807, 2.05) is 12.1 Å². The first-order valence-electron chi connectivity index (χ1n) is 6.71. The van der Waals surface area contributed by atoms with Crippen molar-refractivity contribution in [3.8, 4) is 17.1 Å². The van der Waals surface area contributed by atoms with Crippen LogP contribution in [0, 0.1) is 0 Å². The molecule has 2 N–H and O–H groups in total. The molecule has 3 rings (SSSR count). The summed E-state index contributed by atoms with van der Waals surface area (Å²) in [4.78, 5) is 3.98. The molecule has 0 amide bonds. The Balaban J connectivity index is 1.71. The van der Waals surface area contributed by atoms with E-state index in [9.17, 15) is 0 Å². The van der Waals surface area contributed by atoms with Crippen molar-refractivity contribution in [3.63, 3.8) is 0 Å². The highest BCUT2D eigenvalue weighted by molar-refractivity contribution is 6.33. The highest BCUT2D eigenvalue weighted by Crippen LogP contribution is 2.31. The van der Waals surface area contributed by atoms with Crippen LogP contribution in [0.2, 0.25) is 5.02 Å². The highest BCUT2D eigenvalue weighted by atomic mass is 35.5. The second-order valence-electron chi connectivity index (χ2n) is 5.05. The first-order valence-corrected chi connectivity index (χ1v) is 7.08. The summed E-state index contributed by atoms with van der Waals surface area (Å²) in [6, 6.07) is 5.84. The minimum atomic E-state index is 0.224. The van der Waals surface area contributed by atoms with E-state index < -0.39 is 0 Å². The topological polar surface area (TPSA) is 74.2 Å². The van der Waals surface area contributed by atoms with E-state index in [2.05, 4.69) is 10.1 Å². The van der Waals surface area contributed by atoms with Crippen LogP contribution in [0.5, 0.6) is 5.75 Å². The van der Waals surface area contributed by atoms with E-state index >= 15 is 0 Å². The third kappa shape index (κ3) is 2.94. The number of rotatable bonds is 3. The Kier molecular flexibility index (Phi) is 3.89. The summed E-state index contributed by atoms with van der Waals surface area (Å²) in [5.74, 6) is 1.24. The van der Waals surface area contributed by atoms with Crippen LogP contribution in [0.15, 0.2) is 29.1 Å². The van der Waals surface area contributed by atoms with E-state index in [-0.39, 0.29) is 6.10 Å². The van der Waals surface area contributed by atoms with Crippen LogP contribution < -0.4 is 10.5 Å². The maximum absolute atomic E-state index is 6.24. The van der Waals surface area contributed by atoms with Crippen molar-refractivity contribution in [2.45, 2.75) is 37.8 Å². The van der Waals surface area contributed by atoms with Crippen molar-refractivity contribution in [2.24, 2.45) is 5.73 Å². The molecular weight excluding hydrogens is 278 g/mol. The van der Waals surface area contributed by atoms with Crippen LogP contribution >= 0.6 is 11.6 Å². The fraction of sp³-hybridized carbons (Fsp3) is 0.429. The van der Waals surface area contributed by atoms with Gasteiger partial charge in [0.25, 0.3) is 0 Å². The molecule has 0 radical (unpaired) electrons. The van der Waals surface area contributed by atoms with Crippen molar-refractivity contribution in [1.82, 2.24) is 10.1 Å². The Morgan fingerprint density at radius 1 is 1.25 bits per heavy atom. The zero-order valence-corrected chi connectivity index (χ0v) is 11.7. The van der Waals surface area contributed by atoms with Crippen LogP contribution in [0.1, 0.15) is 25.7 Å². The van der Waals surface area contributed by atoms with Gasteiger partial charge in [-0.1, -0.05) is 16.8 Å². The van der Waals surface area contributed by atoms with Crippen LogP contribution in [-0.2, 0) is 0 Å². The first kappa shape index (κ1) is 13.4. The van der Waals surface area contributed by atoms with Crippen LogP contribution in [0.4, 0.5) is 0 Å². The summed E-state index contributed by atoms with van der Waals surface area (Å²) in [7, 11) is 0. The van der Waals surface area contributed by atoms with E-state index in [1.54, 1.807) is 6.07 Å². The number of hydrogen-bond acceptors (Lipinski definition) is 5. The smallest absolute Gasteiger partial charge is 0.214 e. The lowest BCUT2D eigenvalue weighted by Gasteiger charge is -2.26. The quantitative estimate of drug-likeness (QED) is 0.941. The average Bonchev–Trinajstić information content (AvgIpc) is 2.95. The fourth-order valence-corrected chi connectivity index (χ4v) is 2.69. The molecular formula is C14H16ClN3O2. The molecule has 106 valence electrons. The van der Waals surface area contributed by atoms with Gasteiger partial charge in [0.1, 0.15) is 5.75 Å². The SMILES string of the molecule is NC1CCC(Oc2ccc(-c3ncon3)c(Cl)c2)CC1. The summed E-state index contributed by atoms with van der Waals surface area (Å²) < 4.78 is 10.7. The van der Waals surface area contributed by atoms with Gasteiger partial charge in [-0.15, -0.1) is 0 Å². The molecule has 0 atom stereocenters. The Morgan fingerprint density at radius 3 is 2.70 bits per heavy atom. The molecule has 1 aromatic carbocycles. The summed E-state index contributed by atoms with van der Waals surface area (Å²) in [5.41, 5.74) is 6.62. The first-order chi connectivity index (χ1) is 9.72. The molecule has 0 bridgehead atoms. The summed E-state index contributed by atoms with van der Waals surface area (Å²) >= 11 is 6.24. The second kappa shape index (κ2) is 5.81. The number of benzene rings is 1. The standard InChI is InChI=1S/C14H16ClN3O2/c15-13-7-11(20-10-3-1-9(16)2-4-10)5-6-12(13)14-17-8-19-18-14/h5-10H,1-4,16H2. The Labute approximate surface area is 122 Å². The summed E-state index contributed by atoms with van der Waals surface area (Å²) in [6.07, 6.45) is 5.51. The van der Waals surface area contributed by atoms with Gasteiger partial charge in [-0.05, 0) is 43.9 Å². The molecule has 0 unspecified atom stereocenters. The van der Waals surface area contributed by atoms with Gasteiger partial charge in [0.15, 0.2) is 0 Å². The minimum absolute atomic E-state index is 0.224. The molecule has 1 fully saturated rings. The largest absolute Gasteiger partial charge is 0.490 e. The van der Waals surface area contributed by atoms with E-state index in [1.165, 1.54) is 6.39 Å². The van der Waals surface area contributed by atoms with Crippen molar-refractivity contribution in [3.05, 3.63) is 29.6 Å². The molecule has 2 aromatic rings. The number of aromatic nitrogens is 2. The van der Waals surface area contributed by atoms with Gasteiger partial charge in [0, 0.05) is 11.6 Å². The average molecular weight is 294 g/mol. The fourth-order valence-electron chi connectivity index (χ4n) is 2.44. The Hall–Kier alpha value is -1.59. The number of nitrogens with two attached hydrogens (primary N) is 1. The lowest BCUT2D eigenvalue weighted by Crippen LogP contribution is -2.31. The van der Waals surface area contributed by atoms with E-state index in [4.69, 9.17) is 26.6 Å². The summed E-state index contributed by atoms with van der Waals surface area (Å²) in [6.45, 7) is 0. The zero-order chi connectivity index (χ0) is 13.9. The van der Waals surface area contributed by atoms with Gasteiger partial charge in [-0.2, -0.15) is 4.98 Å². The third-order valence-electron chi connectivity index (χ3n) is 3.56. The Bertz CT molecular complexity index is 566. The molecule has 1 saturated carbocycles. The van der Waals surface area contributed by atoms with Crippen molar-refractivity contribution >= 4 is 11.6 Å². The molecule has 0 saturated heterocycles. The van der Waals surface area contributed by atoms with Gasteiger partial charge >= 0.3 is 0 Å². The molecule has 5 nitrogen and oxygen atoms in total. The molecule has 1 heterocycles. The predicted molar refractivity (Wildman–Crippen MR) is 75.6 cm³/mol. The van der Waals surface area contributed by atoms with Crippen LogP contribution in [0.25, 0.3) is 11.4 Å². The summed E-state index contributed by atoms with van der Waals surface area (Å²) in [5, 5.41) is 4.33. The number of halogens is 1. The molecule has 0 aliphatic heterocycles. The molecule has 20 heavy (non-hydrogen) atoms. The molecule has 1 aromatic heterocycles. The third-order valence-corrected chi connectivity index (χ3v) is 3.88. The van der Waals surface area contributed by atoms with E-state index in [0.29, 0.717) is 16.9 Å². The second-order valence-corrected chi connectivity index (χ2v) is 5.46. The maximum atomic E-state index is 6.24. The van der Waals surface area contributed by atoms with Crippen molar-refractivity contribution in [1.29, 1.82) is 0 Å². The van der Waals surface area contributed by atoms with Crippen LogP contribution in [0.3, 0.4) is 0 Å². The monoisotopic (exact) mass is 293 g/mol. The minimum Gasteiger partial charge on any atom is -0.490 e. The number of nitrogens with zero attached hydrogens (tertiary/aromatic N) is 2. The normalized spacial score (nSPS) is 22.7. The predicted octanol–water partition coefficient (Wildman–Crippen LogP) is 3.04. The van der Waals surface area contributed by atoms with Gasteiger partial charge in [0.05, 0.1) is 11.1 Å². The van der Waals surface area contributed by atoms with Crippen molar-refractivity contribution < 1.29 is 9.26 Å². The van der Waals surface area contributed by atoms with Gasteiger partial charge < -0.3 is 15.0 Å². The highest BCUT2D eigenvalue weighted by Gasteiger charge is 2.20. The zero-order valence-electron chi connectivity index (χ0n) is 11.0. The lowest BCUT2D eigenvalue weighted by atomic mass is 9.94. The molecule has 1 aliphatic rings. The van der Waals surface area contributed by atoms with Gasteiger partial charge in [-0.25, -0.2) is 0 Å². The van der Waals surface area contributed by atoms with E-state index in [0.717, 1.165) is 37.0 Å². The van der Waals surface area contributed by atoms with Crippen LogP contribution in [-0.4, -0.2) is 22.3 Å². The molecule has 1 aliphatic carbocycles. The van der Waals surface area contributed by atoms with Gasteiger partial charge in [-0.3, -0.25) is 0 Å².